The summed E-state index contributed by atoms with van der Waals surface area (Å²) in [7, 11) is 0. The smallest absolute Gasteiger partial charge is 0.302 e. The van der Waals surface area contributed by atoms with E-state index in [2.05, 4.69) is 12.2 Å². The van der Waals surface area contributed by atoms with Crippen LogP contribution in [0, 0.1) is 5.92 Å². The minimum absolute atomic E-state index is 0.189. The summed E-state index contributed by atoms with van der Waals surface area (Å²) in [6.45, 7) is 1.94. The molecule has 2 bridgehead atoms. The topological polar surface area (TPSA) is 35.5 Å². The van der Waals surface area contributed by atoms with Crippen molar-refractivity contribution in [3.63, 3.8) is 0 Å². The summed E-state index contributed by atoms with van der Waals surface area (Å²) in [5.41, 5.74) is 0. The van der Waals surface area contributed by atoms with Crippen LogP contribution in [-0.4, -0.2) is 24.8 Å². The maximum atomic E-state index is 10.5. The first kappa shape index (κ1) is 7.80. The first-order chi connectivity index (χ1) is 5.75. The van der Waals surface area contributed by atoms with Gasteiger partial charge in [-0.05, 0) is 6.42 Å². The molecular formula is C9H12O3. The van der Waals surface area contributed by atoms with Crippen LogP contribution >= 0.6 is 0 Å². The Morgan fingerprint density at radius 3 is 3.00 bits per heavy atom. The van der Waals surface area contributed by atoms with Gasteiger partial charge in [-0.15, -0.1) is 0 Å². The normalized spacial score (nSPS) is 37.2. The van der Waals surface area contributed by atoms with E-state index in [1.807, 2.05) is 0 Å². The van der Waals surface area contributed by atoms with E-state index < -0.39 is 0 Å². The van der Waals surface area contributed by atoms with Gasteiger partial charge < -0.3 is 9.47 Å². The molecule has 0 aromatic carbocycles. The van der Waals surface area contributed by atoms with Crippen molar-refractivity contribution in [2.75, 3.05) is 6.61 Å². The summed E-state index contributed by atoms with van der Waals surface area (Å²) in [5, 5.41) is 0. The van der Waals surface area contributed by atoms with E-state index in [0.717, 1.165) is 6.42 Å². The molecule has 2 aliphatic heterocycles. The highest BCUT2D eigenvalue weighted by Crippen LogP contribution is 2.33. The zero-order valence-electron chi connectivity index (χ0n) is 7.03. The summed E-state index contributed by atoms with van der Waals surface area (Å²) >= 11 is 0. The van der Waals surface area contributed by atoms with Crippen molar-refractivity contribution in [3.05, 3.63) is 12.2 Å². The van der Waals surface area contributed by atoms with Crippen LogP contribution in [0.1, 0.15) is 13.3 Å². The Hall–Kier alpha value is -0.830. The third-order valence-electron chi connectivity index (χ3n) is 2.35. The monoisotopic (exact) mass is 168 g/mol. The first-order valence-corrected chi connectivity index (χ1v) is 4.23. The average molecular weight is 168 g/mol. The summed E-state index contributed by atoms with van der Waals surface area (Å²) in [5.74, 6) is 0.172. The van der Waals surface area contributed by atoms with Crippen molar-refractivity contribution in [3.8, 4) is 0 Å². The molecule has 3 atom stereocenters. The van der Waals surface area contributed by atoms with Crippen LogP contribution in [0.5, 0.6) is 0 Å². The third-order valence-corrected chi connectivity index (χ3v) is 2.35. The Bertz CT molecular complexity index is 222. The third kappa shape index (κ3) is 1.37. The second-order valence-electron chi connectivity index (χ2n) is 3.32. The van der Waals surface area contributed by atoms with Crippen molar-refractivity contribution in [2.24, 2.45) is 5.92 Å². The van der Waals surface area contributed by atoms with Gasteiger partial charge in [0.25, 0.3) is 0 Å². The molecule has 2 aliphatic rings. The SMILES string of the molecule is CC(=O)OCC1CC2C=CC1O2. The van der Waals surface area contributed by atoms with E-state index in [1.54, 1.807) is 0 Å². The van der Waals surface area contributed by atoms with Gasteiger partial charge in [-0.25, -0.2) is 0 Å². The number of carbonyl (C=O) groups excluding carboxylic acids is 1. The van der Waals surface area contributed by atoms with Crippen LogP contribution in [0.25, 0.3) is 0 Å². The maximum Gasteiger partial charge on any atom is 0.302 e. The summed E-state index contributed by atoms with van der Waals surface area (Å²) in [4.78, 5) is 10.5. The molecule has 0 saturated carbocycles. The van der Waals surface area contributed by atoms with Gasteiger partial charge in [0, 0.05) is 12.8 Å². The minimum atomic E-state index is -0.207. The predicted molar refractivity (Wildman–Crippen MR) is 42.5 cm³/mol. The number of esters is 1. The minimum Gasteiger partial charge on any atom is -0.465 e. The molecule has 66 valence electrons. The Morgan fingerprint density at radius 1 is 1.67 bits per heavy atom. The van der Waals surface area contributed by atoms with Gasteiger partial charge in [-0.2, -0.15) is 0 Å². The molecule has 3 heteroatoms. The Labute approximate surface area is 71.3 Å². The van der Waals surface area contributed by atoms with E-state index >= 15 is 0 Å². The summed E-state index contributed by atoms with van der Waals surface area (Å²) in [6.07, 6.45) is 5.59. The van der Waals surface area contributed by atoms with Gasteiger partial charge in [0.15, 0.2) is 0 Å². The van der Waals surface area contributed by atoms with Crippen molar-refractivity contribution < 1.29 is 14.3 Å². The van der Waals surface area contributed by atoms with Crippen LogP contribution in [0.2, 0.25) is 0 Å². The summed E-state index contributed by atoms with van der Waals surface area (Å²) in [6, 6.07) is 0. The van der Waals surface area contributed by atoms with E-state index in [0.29, 0.717) is 12.5 Å². The van der Waals surface area contributed by atoms with E-state index in [1.165, 1.54) is 6.92 Å². The second-order valence-corrected chi connectivity index (χ2v) is 3.32. The fraction of sp³-hybridized carbons (Fsp3) is 0.667. The van der Waals surface area contributed by atoms with Gasteiger partial charge >= 0.3 is 5.97 Å². The molecule has 2 heterocycles. The molecule has 12 heavy (non-hydrogen) atoms. The lowest BCUT2D eigenvalue weighted by molar-refractivity contribution is -0.142. The highest BCUT2D eigenvalue weighted by Gasteiger charge is 2.37. The fourth-order valence-electron chi connectivity index (χ4n) is 1.75. The van der Waals surface area contributed by atoms with Gasteiger partial charge in [-0.3, -0.25) is 4.79 Å². The van der Waals surface area contributed by atoms with Crippen molar-refractivity contribution >= 4 is 5.97 Å². The highest BCUT2D eigenvalue weighted by atomic mass is 16.5. The van der Waals surface area contributed by atoms with Gasteiger partial charge in [-0.1, -0.05) is 12.2 Å². The lowest BCUT2D eigenvalue weighted by atomic mass is 9.95. The number of ether oxygens (including phenoxy) is 2. The van der Waals surface area contributed by atoms with Crippen LogP contribution in [-0.2, 0) is 14.3 Å². The predicted octanol–water partition coefficient (Wildman–Crippen LogP) is 0.893. The van der Waals surface area contributed by atoms with Crippen LogP contribution < -0.4 is 0 Å². The largest absolute Gasteiger partial charge is 0.465 e. The van der Waals surface area contributed by atoms with E-state index in [9.17, 15) is 4.79 Å². The van der Waals surface area contributed by atoms with E-state index in [4.69, 9.17) is 9.47 Å². The van der Waals surface area contributed by atoms with Crippen LogP contribution in [0.3, 0.4) is 0 Å². The van der Waals surface area contributed by atoms with E-state index in [-0.39, 0.29) is 18.2 Å². The zero-order valence-corrected chi connectivity index (χ0v) is 7.03. The molecule has 3 nitrogen and oxygen atoms in total. The number of hydrogen-bond donors (Lipinski definition) is 0. The molecule has 2 rings (SSSR count). The first-order valence-electron chi connectivity index (χ1n) is 4.23. The van der Waals surface area contributed by atoms with Gasteiger partial charge in [0.1, 0.15) is 0 Å². The molecule has 1 saturated heterocycles. The highest BCUT2D eigenvalue weighted by molar-refractivity contribution is 5.65. The Morgan fingerprint density at radius 2 is 2.50 bits per heavy atom. The lowest BCUT2D eigenvalue weighted by Crippen LogP contribution is -2.20. The molecule has 0 amide bonds. The molecule has 3 unspecified atom stereocenters. The molecule has 0 aliphatic carbocycles. The summed E-state index contributed by atoms with van der Waals surface area (Å²) < 4.78 is 10.4. The van der Waals surface area contributed by atoms with Gasteiger partial charge in [0.05, 0.1) is 18.8 Å². The number of carbonyl (C=O) groups is 1. The zero-order chi connectivity index (χ0) is 8.55. The average Bonchev–Trinajstić information content (AvgIpc) is 2.60. The molecule has 0 aromatic heterocycles. The number of hydrogen-bond acceptors (Lipinski definition) is 3. The Kier molecular flexibility index (Phi) is 1.89. The van der Waals surface area contributed by atoms with Crippen molar-refractivity contribution in [2.45, 2.75) is 25.6 Å². The molecule has 1 fully saturated rings. The number of fused-ring (bicyclic) bond motifs is 2. The lowest BCUT2D eigenvalue weighted by Gasteiger charge is -2.14. The fourth-order valence-corrected chi connectivity index (χ4v) is 1.75. The van der Waals surface area contributed by atoms with Crippen LogP contribution in [0.15, 0.2) is 12.2 Å². The molecular weight excluding hydrogens is 156 g/mol. The molecule has 0 N–H and O–H groups in total. The Balaban J connectivity index is 1.83. The quantitative estimate of drug-likeness (QED) is 0.454. The second kappa shape index (κ2) is 2.90. The standard InChI is InChI=1S/C9H12O3/c1-6(10)11-5-7-4-8-2-3-9(7)12-8/h2-3,7-9H,4-5H2,1H3. The molecule has 0 spiro atoms. The van der Waals surface area contributed by atoms with Crippen molar-refractivity contribution in [1.82, 2.24) is 0 Å². The van der Waals surface area contributed by atoms with Gasteiger partial charge in [0.2, 0.25) is 0 Å². The van der Waals surface area contributed by atoms with Crippen molar-refractivity contribution in [1.29, 1.82) is 0 Å². The maximum absolute atomic E-state index is 10.5. The molecule has 0 aromatic rings. The molecule has 0 radical (unpaired) electrons. The number of rotatable bonds is 2. The van der Waals surface area contributed by atoms with Crippen LogP contribution in [0.4, 0.5) is 0 Å².